The summed E-state index contributed by atoms with van der Waals surface area (Å²) in [7, 11) is 0. The van der Waals surface area contributed by atoms with Gasteiger partial charge in [-0.25, -0.2) is 4.39 Å². The number of nitrogens with one attached hydrogen (secondary N) is 1. The summed E-state index contributed by atoms with van der Waals surface area (Å²) in [5, 5.41) is 2.99. The first-order valence-electron chi connectivity index (χ1n) is 9.20. The third-order valence-corrected chi connectivity index (χ3v) is 5.85. The van der Waals surface area contributed by atoms with Gasteiger partial charge in [0.15, 0.2) is 6.61 Å². The van der Waals surface area contributed by atoms with Crippen molar-refractivity contribution < 1.29 is 13.9 Å². The van der Waals surface area contributed by atoms with Gasteiger partial charge >= 0.3 is 0 Å². The van der Waals surface area contributed by atoms with Crippen molar-refractivity contribution in [3.05, 3.63) is 84.2 Å². The van der Waals surface area contributed by atoms with Gasteiger partial charge in [0, 0.05) is 16.2 Å². The summed E-state index contributed by atoms with van der Waals surface area (Å²) in [6.07, 6.45) is 0.771. The van der Waals surface area contributed by atoms with Crippen molar-refractivity contribution in [2.75, 3.05) is 12.4 Å². The molecule has 0 fully saturated rings. The van der Waals surface area contributed by atoms with Gasteiger partial charge in [-0.3, -0.25) is 4.79 Å². The minimum absolute atomic E-state index is 0.0852. The number of carbonyl (C=O) groups excluding carboxylic acids is 1. The van der Waals surface area contributed by atoms with Gasteiger partial charge in [0.2, 0.25) is 0 Å². The molecule has 142 valence electrons. The Bertz CT molecular complexity index is 977. The Labute approximate surface area is 167 Å². The maximum atomic E-state index is 14.0. The van der Waals surface area contributed by atoms with Gasteiger partial charge in [0.05, 0.1) is 6.04 Å². The summed E-state index contributed by atoms with van der Waals surface area (Å²) in [6.45, 7) is -0.0852. The fourth-order valence-corrected chi connectivity index (χ4v) is 4.51. The van der Waals surface area contributed by atoms with Gasteiger partial charge in [-0.2, -0.15) is 0 Å². The third-order valence-electron chi connectivity index (χ3n) is 4.69. The van der Waals surface area contributed by atoms with Gasteiger partial charge in [0.1, 0.15) is 11.6 Å². The molecule has 28 heavy (non-hydrogen) atoms. The summed E-state index contributed by atoms with van der Waals surface area (Å²) in [5.74, 6) is 0.996. The zero-order chi connectivity index (χ0) is 19.3. The van der Waals surface area contributed by atoms with Crippen LogP contribution >= 0.6 is 11.8 Å². The molecule has 1 amide bonds. The Hall–Kier alpha value is -2.79. The topological polar surface area (TPSA) is 38.3 Å². The summed E-state index contributed by atoms with van der Waals surface area (Å²) in [4.78, 5) is 13.1. The van der Waals surface area contributed by atoms with Crippen molar-refractivity contribution in [3.63, 3.8) is 0 Å². The van der Waals surface area contributed by atoms with E-state index in [1.807, 2.05) is 60.7 Å². The zero-order valence-corrected chi connectivity index (χ0v) is 16.0. The van der Waals surface area contributed by atoms with E-state index in [9.17, 15) is 9.18 Å². The number of ether oxygens (including phenoxy) is 1. The molecular weight excluding hydrogens is 373 g/mol. The largest absolute Gasteiger partial charge is 0.483 e. The minimum atomic E-state index is -0.227. The summed E-state index contributed by atoms with van der Waals surface area (Å²) in [6, 6.07) is 22.4. The molecule has 3 aromatic rings. The summed E-state index contributed by atoms with van der Waals surface area (Å²) >= 11 is 1.50. The van der Waals surface area contributed by atoms with Gasteiger partial charge in [-0.15, -0.1) is 11.8 Å². The Morgan fingerprint density at radius 2 is 1.82 bits per heavy atom. The number of thioether (sulfide) groups is 1. The number of amides is 1. The van der Waals surface area contributed by atoms with Crippen LogP contribution in [0.4, 0.5) is 4.39 Å². The molecule has 3 nitrogen and oxygen atoms in total. The second-order valence-corrected chi connectivity index (χ2v) is 7.67. The molecule has 0 spiro atoms. The molecule has 1 aliphatic rings. The molecule has 1 atom stereocenters. The molecule has 4 rings (SSSR count). The second-order valence-electron chi connectivity index (χ2n) is 6.57. The number of rotatable bonds is 5. The number of benzene rings is 3. The standard InChI is InChI=1S/C23H20FNO2S/c24-19-11-6-10-18-20(13-14-28-23(18)19)25-22(26)15-27-21-12-5-4-9-17(21)16-7-2-1-3-8-16/h1-12,20H,13-15H2,(H,25,26)/t20-/m0/s1. The van der Waals surface area contributed by atoms with E-state index in [0.717, 1.165) is 28.9 Å². The van der Waals surface area contributed by atoms with Crippen LogP contribution in [-0.4, -0.2) is 18.3 Å². The number of carbonyl (C=O) groups is 1. The Morgan fingerprint density at radius 3 is 2.68 bits per heavy atom. The monoisotopic (exact) mass is 393 g/mol. The molecular formula is C23H20FNO2S. The highest BCUT2D eigenvalue weighted by Crippen LogP contribution is 2.37. The molecule has 0 bridgehead atoms. The molecule has 3 aromatic carbocycles. The molecule has 0 saturated carbocycles. The van der Waals surface area contributed by atoms with Crippen molar-refractivity contribution in [2.24, 2.45) is 0 Å². The average Bonchev–Trinajstić information content (AvgIpc) is 2.74. The van der Waals surface area contributed by atoms with Crippen LogP contribution in [-0.2, 0) is 4.79 Å². The number of hydrogen-bond acceptors (Lipinski definition) is 3. The normalized spacial score (nSPS) is 15.5. The van der Waals surface area contributed by atoms with Gasteiger partial charge in [-0.05, 0) is 29.7 Å². The number of hydrogen-bond donors (Lipinski definition) is 1. The van der Waals surface area contributed by atoms with E-state index in [4.69, 9.17) is 4.74 Å². The van der Waals surface area contributed by atoms with Crippen LogP contribution in [0.1, 0.15) is 18.0 Å². The van der Waals surface area contributed by atoms with Crippen molar-refractivity contribution in [3.8, 4) is 16.9 Å². The van der Waals surface area contributed by atoms with E-state index >= 15 is 0 Å². The average molecular weight is 393 g/mol. The van der Waals surface area contributed by atoms with Crippen LogP contribution in [0.3, 0.4) is 0 Å². The summed E-state index contributed by atoms with van der Waals surface area (Å²) in [5.41, 5.74) is 2.82. The smallest absolute Gasteiger partial charge is 0.258 e. The lowest BCUT2D eigenvalue weighted by atomic mass is 10.0. The zero-order valence-electron chi connectivity index (χ0n) is 15.2. The van der Waals surface area contributed by atoms with Crippen LogP contribution in [0.25, 0.3) is 11.1 Å². The highest BCUT2D eigenvalue weighted by Gasteiger charge is 2.24. The lowest BCUT2D eigenvalue weighted by Crippen LogP contribution is -2.34. The fraction of sp³-hybridized carbons (Fsp3) is 0.174. The van der Waals surface area contributed by atoms with Crippen LogP contribution in [0.2, 0.25) is 0 Å². The van der Waals surface area contributed by atoms with E-state index < -0.39 is 0 Å². The van der Waals surface area contributed by atoms with Crippen molar-refractivity contribution >= 4 is 17.7 Å². The molecule has 5 heteroatoms. The molecule has 0 aromatic heterocycles. The number of halogens is 1. The Kier molecular flexibility index (Phi) is 5.63. The highest BCUT2D eigenvalue weighted by atomic mass is 32.2. The van der Waals surface area contributed by atoms with Crippen molar-refractivity contribution in [2.45, 2.75) is 17.4 Å². The predicted molar refractivity (Wildman–Crippen MR) is 110 cm³/mol. The maximum absolute atomic E-state index is 14.0. The van der Waals surface area contributed by atoms with Crippen LogP contribution in [0, 0.1) is 5.82 Å². The van der Waals surface area contributed by atoms with Gasteiger partial charge < -0.3 is 10.1 Å². The van der Waals surface area contributed by atoms with E-state index in [1.165, 1.54) is 17.8 Å². The first-order chi connectivity index (χ1) is 13.7. The Morgan fingerprint density at radius 1 is 1.04 bits per heavy atom. The molecule has 1 heterocycles. The molecule has 0 radical (unpaired) electrons. The molecule has 1 aliphatic heterocycles. The van der Waals surface area contributed by atoms with Crippen LogP contribution in [0.5, 0.6) is 5.75 Å². The van der Waals surface area contributed by atoms with E-state index in [0.29, 0.717) is 10.6 Å². The van der Waals surface area contributed by atoms with Crippen LogP contribution in [0.15, 0.2) is 77.7 Å². The second kappa shape index (κ2) is 8.48. The fourth-order valence-electron chi connectivity index (χ4n) is 3.36. The SMILES string of the molecule is O=C(COc1ccccc1-c1ccccc1)N[C@H]1CCSc2c(F)cccc21. The quantitative estimate of drug-likeness (QED) is 0.645. The number of para-hydroxylation sites is 1. The highest BCUT2D eigenvalue weighted by molar-refractivity contribution is 7.99. The van der Waals surface area contributed by atoms with Gasteiger partial charge in [0.25, 0.3) is 5.91 Å². The first kappa shape index (κ1) is 18.6. The first-order valence-corrected chi connectivity index (χ1v) is 10.2. The molecule has 1 N–H and O–H groups in total. The van der Waals surface area contributed by atoms with E-state index in [-0.39, 0.29) is 24.4 Å². The summed E-state index contributed by atoms with van der Waals surface area (Å²) < 4.78 is 19.8. The molecule has 0 saturated heterocycles. The molecule has 0 aliphatic carbocycles. The van der Waals surface area contributed by atoms with Crippen LogP contribution < -0.4 is 10.1 Å². The minimum Gasteiger partial charge on any atom is -0.483 e. The van der Waals surface area contributed by atoms with Crippen molar-refractivity contribution in [1.82, 2.24) is 5.32 Å². The predicted octanol–water partition coefficient (Wildman–Crippen LogP) is 5.22. The maximum Gasteiger partial charge on any atom is 0.258 e. The lowest BCUT2D eigenvalue weighted by Gasteiger charge is -2.26. The van der Waals surface area contributed by atoms with Gasteiger partial charge in [-0.1, -0.05) is 60.7 Å². The number of fused-ring (bicyclic) bond motifs is 1. The Balaban J connectivity index is 1.44. The molecule has 0 unspecified atom stereocenters. The lowest BCUT2D eigenvalue weighted by molar-refractivity contribution is -0.123. The third kappa shape index (κ3) is 4.04. The van der Waals surface area contributed by atoms with E-state index in [2.05, 4.69) is 5.32 Å². The van der Waals surface area contributed by atoms with E-state index in [1.54, 1.807) is 6.07 Å². The van der Waals surface area contributed by atoms with Crippen molar-refractivity contribution in [1.29, 1.82) is 0 Å².